The molecule has 1 amide bonds. The number of morpholine rings is 1. The lowest BCUT2D eigenvalue weighted by molar-refractivity contribution is 0.0729. The van der Waals surface area contributed by atoms with Gasteiger partial charge in [0.15, 0.2) is 0 Å². The summed E-state index contributed by atoms with van der Waals surface area (Å²) in [5.74, 6) is -1.08. The van der Waals surface area contributed by atoms with Crippen LogP contribution in [0.5, 0.6) is 5.75 Å². The highest BCUT2D eigenvalue weighted by atomic mass is 32.2. The number of nitrogens with one attached hydrogen (secondary N) is 1. The van der Waals surface area contributed by atoms with Gasteiger partial charge in [0.2, 0.25) is 10.0 Å². The van der Waals surface area contributed by atoms with Crippen LogP contribution in [0, 0.1) is 5.82 Å². The number of benzene rings is 2. The molecule has 9 heteroatoms. The summed E-state index contributed by atoms with van der Waals surface area (Å²) in [4.78, 5) is 12.4. The summed E-state index contributed by atoms with van der Waals surface area (Å²) in [6, 6.07) is 9.79. The summed E-state index contributed by atoms with van der Waals surface area (Å²) in [6.45, 7) is 1.04. The molecule has 0 saturated carbocycles. The van der Waals surface area contributed by atoms with E-state index in [1.165, 1.54) is 47.8 Å². The average molecular weight is 394 g/mol. The molecular weight excluding hydrogens is 375 g/mol. The van der Waals surface area contributed by atoms with E-state index in [1.54, 1.807) is 6.07 Å². The number of carbonyl (C=O) groups excluding carboxylic acids is 1. The minimum atomic E-state index is -3.87. The molecule has 1 N–H and O–H groups in total. The van der Waals surface area contributed by atoms with Crippen LogP contribution in [0.3, 0.4) is 0 Å². The fourth-order valence-corrected chi connectivity index (χ4v) is 4.29. The molecule has 1 aliphatic heterocycles. The van der Waals surface area contributed by atoms with E-state index in [0.29, 0.717) is 13.2 Å². The highest BCUT2D eigenvalue weighted by molar-refractivity contribution is 7.89. The summed E-state index contributed by atoms with van der Waals surface area (Å²) in [5.41, 5.74) is 0.0850. The van der Waals surface area contributed by atoms with Crippen molar-refractivity contribution in [3.05, 3.63) is 53.8 Å². The fourth-order valence-electron chi connectivity index (χ4n) is 2.70. The first-order chi connectivity index (χ1) is 12.9. The number of para-hydroxylation sites is 1. The Labute approximate surface area is 156 Å². The van der Waals surface area contributed by atoms with E-state index in [9.17, 15) is 17.6 Å². The molecular formula is C18H19FN2O5S. The van der Waals surface area contributed by atoms with Gasteiger partial charge in [0, 0.05) is 18.7 Å². The Balaban J connectivity index is 1.93. The second-order valence-electron chi connectivity index (χ2n) is 5.82. The Morgan fingerprint density at radius 1 is 1.19 bits per heavy atom. The number of carbonyl (C=O) groups is 1. The number of methoxy groups -OCH3 is 1. The Kier molecular flexibility index (Phi) is 5.73. The second-order valence-corrected chi connectivity index (χ2v) is 7.72. The molecule has 27 heavy (non-hydrogen) atoms. The molecule has 1 aliphatic rings. The molecule has 2 aromatic carbocycles. The van der Waals surface area contributed by atoms with Crippen molar-refractivity contribution >= 4 is 21.6 Å². The van der Waals surface area contributed by atoms with Crippen molar-refractivity contribution in [1.29, 1.82) is 0 Å². The highest BCUT2D eigenvalue weighted by Gasteiger charge is 2.30. The molecule has 0 unspecified atom stereocenters. The normalized spacial score (nSPS) is 15.3. The Morgan fingerprint density at radius 3 is 2.56 bits per heavy atom. The molecule has 0 bridgehead atoms. The highest BCUT2D eigenvalue weighted by Crippen LogP contribution is 2.29. The van der Waals surface area contributed by atoms with Crippen molar-refractivity contribution in [1.82, 2.24) is 4.31 Å². The van der Waals surface area contributed by atoms with Gasteiger partial charge in [-0.1, -0.05) is 12.1 Å². The number of amides is 1. The van der Waals surface area contributed by atoms with Gasteiger partial charge in [0.25, 0.3) is 5.91 Å². The number of hydrogen-bond donors (Lipinski definition) is 1. The average Bonchev–Trinajstić information content (AvgIpc) is 2.69. The molecule has 144 valence electrons. The van der Waals surface area contributed by atoms with E-state index in [1.807, 2.05) is 0 Å². The predicted molar refractivity (Wildman–Crippen MR) is 96.9 cm³/mol. The first-order valence-corrected chi connectivity index (χ1v) is 9.69. The Bertz CT molecular complexity index is 943. The topological polar surface area (TPSA) is 84.9 Å². The number of anilines is 1. The zero-order chi connectivity index (χ0) is 19.4. The lowest BCUT2D eigenvalue weighted by Gasteiger charge is -2.26. The van der Waals surface area contributed by atoms with Crippen LogP contribution in [0.1, 0.15) is 10.4 Å². The molecule has 0 spiro atoms. The van der Waals surface area contributed by atoms with Gasteiger partial charge in [0.1, 0.15) is 16.5 Å². The molecule has 1 saturated heterocycles. The summed E-state index contributed by atoms with van der Waals surface area (Å²) in [7, 11) is -2.51. The fraction of sp³-hybridized carbons (Fsp3) is 0.278. The summed E-state index contributed by atoms with van der Waals surface area (Å²) < 4.78 is 51.3. The lowest BCUT2D eigenvalue weighted by atomic mass is 10.2. The van der Waals surface area contributed by atoms with Gasteiger partial charge in [0.05, 0.1) is 26.0 Å². The van der Waals surface area contributed by atoms with Crippen LogP contribution < -0.4 is 10.1 Å². The van der Waals surface area contributed by atoms with E-state index in [0.717, 1.165) is 0 Å². The van der Waals surface area contributed by atoms with Crippen LogP contribution in [-0.4, -0.2) is 52.0 Å². The maximum absolute atomic E-state index is 13.7. The van der Waals surface area contributed by atoms with Crippen molar-refractivity contribution in [2.24, 2.45) is 0 Å². The third-order valence-corrected chi connectivity index (χ3v) is 6.06. The molecule has 0 atom stereocenters. The number of halogens is 1. The smallest absolute Gasteiger partial charge is 0.255 e. The van der Waals surface area contributed by atoms with E-state index < -0.39 is 21.7 Å². The van der Waals surface area contributed by atoms with Crippen LogP contribution in [0.25, 0.3) is 0 Å². The van der Waals surface area contributed by atoms with Crippen molar-refractivity contribution in [3.8, 4) is 5.75 Å². The number of ether oxygens (including phenoxy) is 2. The number of sulfonamides is 1. The molecule has 7 nitrogen and oxygen atoms in total. The standard InChI is InChI=1S/C18H19FN2O5S/c1-25-16-7-6-13(18(22)20-15-5-3-2-4-14(15)19)12-17(16)27(23,24)21-8-10-26-11-9-21/h2-7,12H,8-11H2,1H3,(H,20,22). The molecule has 2 aromatic rings. The third-order valence-electron chi connectivity index (χ3n) is 4.14. The van der Waals surface area contributed by atoms with E-state index in [4.69, 9.17) is 9.47 Å². The quantitative estimate of drug-likeness (QED) is 0.840. The largest absolute Gasteiger partial charge is 0.495 e. The zero-order valence-corrected chi connectivity index (χ0v) is 15.5. The molecule has 0 radical (unpaired) electrons. The summed E-state index contributed by atoms with van der Waals surface area (Å²) >= 11 is 0. The molecule has 0 aromatic heterocycles. The van der Waals surface area contributed by atoms with Gasteiger partial charge in [-0.25, -0.2) is 12.8 Å². The summed E-state index contributed by atoms with van der Waals surface area (Å²) in [5, 5.41) is 2.44. The molecule has 1 heterocycles. The van der Waals surface area contributed by atoms with E-state index in [-0.39, 0.29) is 35.0 Å². The Hall–Kier alpha value is -2.49. The Morgan fingerprint density at radius 2 is 1.89 bits per heavy atom. The minimum absolute atomic E-state index is 0.0101. The first kappa shape index (κ1) is 19.3. The van der Waals surface area contributed by atoms with Crippen molar-refractivity contribution < 1.29 is 27.1 Å². The van der Waals surface area contributed by atoms with E-state index in [2.05, 4.69) is 5.32 Å². The van der Waals surface area contributed by atoms with Crippen LogP contribution in [0.15, 0.2) is 47.4 Å². The van der Waals surface area contributed by atoms with Crippen LogP contribution >= 0.6 is 0 Å². The predicted octanol–water partition coefficient (Wildman–Crippen LogP) is 2.11. The molecule has 3 rings (SSSR count). The van der Waals surface area contributed by atoms with Gasteiger partial charge in [-0.15, -0.1) is 0 Å². The lowest BCUT2D eigenvalue weighted by Crippen LogP contribution is -2.40. The van der Waals surface area contributed by atoms with Crippen LogP contribution in [0.2, 0.25) is 0 Å². The summed E-state index contributed by atoms with van der Waals surface area (Å²) in [6.07, 6.45) is 0. The van der Waals surface area contributed by atoms with E-state index >= 15 is 0 Å². The van der Waals surface area contributed by atoms with Crippen molar-refractivity contribution in [2.45, 2.75) is 4.90 Å². The van der Waals surface area contributed by atoms with Gasteiger partial charge >= 0.3 is 0 Å². The van der Waals surface area contributed by atoms with Crippen LogP contribution in [-0.2, 0) is 14.8 Å². The number of nitrogens with zero attached hydrogens (tertiary/aromatic N) is 1. The maximum Gasteiger partial charge on any atom is 0.255 e. The molecule has 1 fully saturated rings. The first-order valence-electron chi connectivity index (χ1n) is 8.25. The number of rotatable bonds is 5. The van der Waals surface area contributed by atoms with Gasteiger partial charge in [-0.05, 0) is 30.3 Å². The molecule has 0 aliphatic carbocycles. The van der Waals surface area contributed by atoms with Crippen molar-refractivity contribution in [2.75, 3.05) is 38.7 Å². The second kappa shape index (κ2) is 8.03. The van der Waals surface area contributed by atoms with Crippen molar-refractivity contribution in [3.63, 3.8) is 0 Å². The zero-order valence-electron chi connectivity index (χ0n) is 14.6. The van der Waals surface area contributed by atoms with Gasteiger partial charge in [-0.2, -0.15) is 4.31 Å². The maximum atomic E-state index is 13.7. The monoisotopic (exact) mass is 394 g/mol. The van der Waals surface area contributed by atoms with Gasteiger partial charge in [-0.3, -0.25) is 4.79 Å². The SMILES string of the molecule is COc1ccc(C(=O)Nc2ccccc2F)cc1S(=O)(=O)N1CCOCC1. The minimum Gasteiger partial charge on any atom is -0.495 e. The third kappa shape index (κ3) is 4.10. The van der Waals surface area contributed by atoms with Crippen LogP contribution in [0.4, 0.5) is 10.1 Å². The number of hydrogen-bond acceptors (Lipinski definition) is 5. The van der Waals surface area contributed by atoms with Gasteiger partial charge < -0.3 is 14.8 Å².